The van der Waals surface area contributed by atoms with Crippen LogP contribution in [0.4, 0.5) is 15.8 Å². The number of aliphatic hydroxyl groups is 1. The number of methoxy groups -OCH3 is 1. The summed E-state index contributed by atoms with van der Waals surface area (Å²) in [5.41, 5.74) is -0.509. The molecule has 0 atom stereocenters. The second-order valence-electron chi connectivity index (χ2n) is 5.70. The van der Waals surface area contributed by atoms with Crippen molar-refractivity contribution in [3.05, 3.63) is 80.2 Å². The fourth-order valence-corrected chi connectivity index (χ4v) is 3.50. The van der Waals surface area contributed by atoms with Crippen LogP contribution in [0.15, 0.2) is 63.7 Å². The molecule has 0 aromatic heterocycles. The molecule has 2 N–H and O–H groups in total. The van der Waals surface area contributed by atoms with Crippen molar-refractivity contribution < 1.29 is 29.1 Å². The number of esters is 1. The molecular weight excluding hydrogens is 403 g/mol. The number of carbonyl (C=O) groups is 1. The van der Waals surface area contributed by atoms with Crippen molar-refractivity contribution in [3.63, 3.8) is 0 Å². The number of thioether (sulfide) groups is 1. The van der Waals surface area contributed by atoms with Gasteiger partial charge in [-0.2, -0.15) is 0 Å². The quantitative estimate of drug-likeness (QED) is 0.434. The number of para-hydroxylation sites is 1. The van der Waals surface area contributed by atoms with Crippen LogP contribution in [0.3, 0.4) is 0 Å². The maximum Gasteiger partial charge on any atom is 0.344 e. The van der Waals surface area contributed by atoms with Gasteiger partial charge in [-0.05, 0) is 29.8 Å². The molecule has 0 unspecified atom stereocenters. The number of phenols is 1. The Balaban J connectivity index is 2.08. The Morgan fingerprint density at radius 2 is 2.00 bits per heavy atom. The summed E-state index contributed by atoms with van der Waals surface area (Å²) in [6.45, 7) is 0. The molecule has 0 amide bonds. The molecule has 8 nitrogen and oxygen atoms in total. The fraction of sp³-hybridized carbons (Fsp3) is 0.0526. The number of aliphatic imine (C=N–C) groups is 1. The molecule has 2 aromatic carbocycles. The summed E-state index contributed by atoms with van der Waals surface area (Å²) in [5, 5.41) is 31.1. The van der Waals surface area contributed by atoms with Crippen LogP contribution in [0.25, 0.3) is 6.08 Å². The van der Waals surface area contributed by atoms with Crippen LogP contribution >= 0.6 is 11.8 Å². The predicted octanol–water partition coefficient (Wildman–Crippen LogP) is 4.24. The van der Waals surface area contributed by atoms with Crippen LogP contribution in [0.1, 0.15) is 5.56 Å². The summed E-state index contributed by atoms with van der Waals surface area (Å²) in [6.07, 6.45) is 1.37. The highest BCUT2D eigenvalue weighted by atomic mass is 32.2. The van der Waals surface area contributed by atoms with E-state index in [1.54, 1.807) is 6.07 Å². The Morgan fingerprint density at radius 3 is 2.66 bits per heavy atom. The van der Waals surface area contributed by atoms with E-state index in [1.807, 2.05) is 0 Å². The van der Waals surface area contributed by atoms with Crippen LogP contribution in [0, 0.1) is 15.9 Å². The molecule has 0 spiro atoms. The third-order valence-corrected chi connectivity index (χ3v) is 4.87. The van der Waals surface area contributed by atoms with E-state index in [0.29, 0.717) is 5.56 Å². The number of hydrogen-bond donors (Lipinski definition) is 2. The molecule has 148 valence electrons. The zero-order chi connectivity index (χ0) is 21.1. The van der Waals surface area contributed by atoms with Gasteiger partial charge in [0, 0.05) is 6.07 Å². The van der Waals surface area contributed by atoms with Gasteiger partial charge in [0.1, 0.15) is 27.9 Å². The molecule has 0 radical (unpaired) electrons. The minimum atomic E-state index is -0.870. The van der Waals surface area contributed by atoms with E-state index in [2.05, 4.69) is 9.73 Å². The number of hydrogen-bond acceptors (Lipinski definition) is 8. The smallest absolute Gasteiger partial charge is 0.344 e. The highest BCUT2D eigenvalue weighted by Gasteiger charge is 2.33. The topological polar surface area (TPSA) is 122 Å². The summed E-state index contributed by atoms with van der Waals surface area (Å²) < 4.78 is 18.6. The van der Waals surface area contributed by atoms with Crippen LogP contribution in [0.5, 0.6) is 5.75 Å². The zero-order valence-electron chi connectivity index (χ0n) is 14.8. The number of nitro groups is 1. The fourth-order valence-electron chi connectivity index (χ4n) is 2.47. The van der Waals surface area contributed by atoms with Gasteiger partial charge in [0.2, 0.25) is 0 Å². The molecule has 10 heteroatoms. The Labute approximate surface area is 167 Å². The molecule has 1 aliphatic heterocycles. The Bertz CT molecular complexity index is 1110. The number of rotatable bonds is 4. The van der Waals surface area contributed by atoms with Gasteiger partial charge in [0.15, 0.2) is 5.75 Å². The molecule has 3 rings (SSSR count). The highest BCUT2D eigenvalue weighted by Crippen LogP contribution is 2.41. The molecular formula is C19H13FN2O6S. The first-order chi connectivity index (χ1) is 13.8. The Morgan fingerprint density at radius 1 is 1.28 bits per heavy atom. The van der Waals surface area contributed by atoms with Crippen molar-refractivity contribution in [1.82, 2.24) is 0 Å². The zero-order valence-corrected chi connectivity index (χ0v) is 15.6. The van der Waals surface area contributed by atoms with Crippen molar-refractivity contribution in [2.75, 3.05) is 7.11 Å². The van der Waals surface area contributed by atoms with E-state index in [0.717, 1.165) is 31.0 Å². The molecule has 1 heterocycles. The predicted molar refractivity (Wildman–Crippen MR) is 105 cm³/mol. The largest absolute Gasteiger partial charge is 0.506 e. The van der Waals surface area contributed by atoms with Crippen LogP contribution < -0.4 is 0 Å². The van der Waals surface area contributed by atoms with Gasteiger partial charge in [0.25, 0.3) is 0 Å². The van der Waals surface area contributed by atoms with E-state index >= 15 is 0 Å². The third kappa shape index (κ3) is 4.11. The number of aliphatic hydroxyl groups excluding tert-OH is 1. The number of phenolic OH excluding ortho intramolecular Hbond substituents is 1. The molecule has 1 aliphatic rings. The normalized spacial score (nSPS) is 16.5. The summed E-state index contributed by atoms with van der Waals surface area (Å²) in [5.74, 6) is -2.44. The molecule has 29 heavy (non-hydrogen) atoms. The number of nitro benzene ring substituents is 1. The van der Waals surface area contributed by atoms with Gasteiger partial charge in [-0.1, -0.05) is 30.0 Å². The van der Waals surface area contributed by atoms with Gasteiger partial charge >= 0.3 is 11.7 Å². The Kier molecular flexibility index (Phi) is 5.64. The molecule has 0 bridgehead atoms. The van der Waals surface area contributed by atoms with Gasteiger partial charge < -0.3 is 14.9 Å². The first kappa shape index (κ1) is 20.1. The molecule has 0 saturated heterocycles. The lowest BCUT2D eigenvalue weighted by Gasteiger charge is -2.02. The molecule has 0 fully saturated rings. The number of halogens is 1. The second kappa shape index (κ2) is 8.15. The van der Waals surface area contributed by atoms with Crippen molar-refractivity contribution in [2.24, 2.45) is 4.99 Å². The lowest BCUT2D eigenvalue weighted by atomic mass is 10.1. The first-order valence-electron chi connectivity index (χ1n) is 8.04. The van der Waals surface area contributed by atoms with Crippen LogP contribution in [0.2, 0.25) is 0 Å². The number of nitrogens with zero attached hydrogens (tertiary/aromatic N) is 2. The van der Waals surface area contributed by atoms with E-state index in [-0.39, 0.29) is 21.2 Å². The maximum atomic E-state index is 13.9. The summed E-state index contributed by atoms with van der Waals surface area (Å²) in [7, 11) is 1.12. The minimum absolute atomic E-state index is 0.0129. The summed E-state index contributed by atoms with van der Waals surface area (Å²) in [6, 6.07) is 9.30. The monoisotopic (exact) mass is 416 g/mol. The SMILES string of the molecule is COC(=O)C1=C(O)/C(=C\c2ccc(O)c([N+](=O)[O-])c2)SC1=Nc1ccccc1F. The first-order valence-corrected chi connectivity index (χ1v) is 8.86. The van der Waals surface area contributed by atoms with E-state index in [1.165, 1.54) is 30.3 Å². The van der Waals surface area contributed by atoms with E-state index in [4.69, 9.17) is 0 Å². The van der Waals surface area contributed by atoms with Crippen molar-refractivity contribution in [3.8, 4) is 5.75 Å². The van der Waals surface area contributed by atoms with E-state index < -0.39 is 33.9 Å². The molecule has 0 aliphatic carbocycles. The van der Waals surface area contributed by atoms with Gasteiger partial charge in [-0.25, -0.2) is 14.2 Å². The molecule has 2 aromatic rings. The van der Waals surface area contributed by atoms with E-state index in [9.17, 15) is 29.5 Å². The summed E-state index contributed by atoms with van der Waals surface area (Å²) in [4.78, 5) is 26.6. The lowest BCUT2D eigenvalue weighted by molar-refractivity contribution is -0.385. The van der Waals surface area contributed by atoms with Gasteiger partial charge in [0.05, 0.1) is 16.9 Å². The average molecular weight is 416 g/mol. The number of benzene rings is 2. The van der Waals surface area contributed by atoms with Crippen LogP contribution in [-0.4, -0.2) is 33.3 Å². The van der Waals surface area contributed by atoms with Gasteiger partial charge in [-0.15, -0.1) is 0 Å². The highest BCUT2D eigenvalue weighted by molar-refractivity contribution is 8.18. The number of aromatic hydroxyl groups is 1. The summed E-state index contributed by atoms with van der Waals surface area (Å²) >= 11 is 0.875. The standard InChI is InChI=1S/C19H13FN2O6S/c1-28-19(25)16-17(24)15(9-10-6-7-14(23)13(8-10)22(26)27)29-18(16)21-12-5-3-2-4-11(12)20/h2-9,23-24H,1H3/b15-9+,21-18?. The second-order valence-corrected chi connectivity index (χ2v) is 6.73. The average Bonchev–Trinajstić information content (AvgIpc) is 2.99. The van der Waals surface area contributed by atoms with Crippen molar-refractivity contribution >= 4 is 40.2 Å². The lowest BCUT2D eigenvalue weighted by Crippen LogP contribution is -2.10. The maximum absolute atomic E-state index is 13.9. The van der Waals surface area contributed by atoms with Gasteiger partial charge in [-0.3, -0.25) is 10.1 Å². The number of ether oxygens (including phenoxy) is 1. The Hall–Kier alpha value is -3.66. The van der Waals surface area contributed by atoms with Crippen molar-refractivity contribution in [1.29, 1.82) is 0 Å². The van der Waals surface area contributed by atoms with Crippen molar-refractivity contribution in [2.45, 2.75) is 0 Å². The third-order valence-electron chi connectivity index (χ3n) is 3.85. The number of carbonyl (C=O) groups excluding carboxylic acids is 1. The molecule has 0 saturated carbocycles. The minimum Gasteiger partial charge on any atom is -0.506 e. The van der Waals surface area contributed by atoms with Crippen LogP contribution in [-0.2, 0) is 9.53 Å².